The number of nitrogens with one attached hydrogen (secondary N) is 1. The van der Waals surface area contributed by atoms with E-state index in [-0.39, 0.29) is 11.9 Å². The van der Waals surface area contributed by atoms with Crippen molar-refractivity contribution in [1.82, 2.24) is 10.2 Å². The van der Waals surface area contributed by atoms with E-state index in [2.05, 4.69) is 24.2 Å². The van der Waals surface area contributed by atoms with Crippen molar-refractivity contribution in [3.8, 4) is 0 Å². The molecule has 2 saturated carbocycles. The average molecular weight is 240 g/mol. The molecule has 1 atom stereocenters. The quantitative estimate of drug-likeness (QED) is 0.661. The number of aliphatic carboxylic acids is 1. The highest BCUT2D eigenvalue weighted by molar-refractivity contribution is 6.04. The highest BCUT2D eigenvalue weighted by atomic mass is 16.4. The van der Waals surface area contributed by atoms with Crippen LogP contribution in [0.2, 0.25) is 0 Å². The molecular formula is C12H20N2O3. The van der Waals surface area contributed by atoms with Crippen LogP contribution in [0, 0.1) is 5.41 Å². The second-order valence-electron chi connectivity index (χ2n) is 5.34. The number of amides is 1. The molecule has 0 radical (unpaired) electrons. The maximum atomic E-state index is 11.8. The van der Waals surface area contributed by atoms with E-state index >= 15 is 0 Å². The number of carbonyl (C=O) groups is 2. The summed E-state index contributed by atoms with van der Waals surface area (Å²) in [5.41, 5.74) is -1.11. The largest absolute Gasteiger partial charge is 0.480 e. The van der Waals surface area contributed by atoms with Crippen molar-refractivity contribution >= 4 is 11.9 Å². The molecule has 0 aromatic carbocycles. The van der Waals surface area contributed by atoms with Crippen molar-refractivity contribution in [3.05, 3.63) is 0 Å². The molecule has 17 heavy (non-hydrogen) atoms. The van der Waals surface area contributed by atoms with E-state index in [0.717, 1.165) is 0 Å². The number of carboxylic acid groups (broad SMARTS) is 1. The second kappa shape index (κ2) is 4.29. The van der Waals surface area contributed by atoms with Gasteiger partial charge in [0.1, 0.15) is 5.41 Å². The average Bonchev–Trinajstić information content (AvgIpc) is 3.17. The van der Waals surface area contributed by atoms with Gasteiger partial charge in [0.15, 0.2) is 0 Å². The smallest absolute Gasteiger partial charge is 0.319 e. The Morgan fingerprint density at radius 1 is 1.47 bits per heavy atom. The van der Waals surface area contributed by atoms with Crippen molar-refractivity contribution in [2.75, 3.05) is 13.6 Å². The van der Waals surface area contributed by atoms with Gasteiger partial charge in [-0.05, 0) is 39.7 Å². The van der Waals surface area contributed by atoms with Gasteiger partial charge in [-0.25, -0.2) is 0 Å². The number of carboxylic acids is 1. The first-order valence-electron chi connectivity index (χ1n) is 6.21. The highest BCUT2D eigenvalue weighted by Gasteiger charge is 2.57. The van der Waals surface area contributed by atoms with Crippen LogP contribution in [0.15, 0.2) is 0 Å². The minimum Gasteiger partial charge on any atom is -0.480 e. The van der Waals surface area contributed by atoms with Gasteiger partial charge in [-0.1, -0.05) is 0 Å². The minimum atomic E-state index is -1.11. The summed E-state index contributed by atoms with van der Waals surface area (Å²) in [4.78, 5) is 25.0. The topological polar surface area (TPSA) is 69.6 Å². The third-order valence-electron chi connectivity index (χ3n) is 3.97. The lowest BCUT2D eigenvalue weighted by molar-refractivity contribution is -0.149. The maximum absolute atomic E-state index is 11.8. The minimum absolute atomic E-state index is 0.260. The van der Waals surface area contributed by atoms with Crippen molar-refractivity contribution in [3.63, 3.8) is 0 Å². The van der Waals surface area contributed by atoms with Gasteiger partial charge in [-0.15, -0.1) is 0 Å². The third kappa shape index (κ3) is 2.44. The first-order valence-corrected chi connectivity index (χ1v) is 6.21. The van der Waals surface area contributed by atoms with Gasteiger partial charge in [-0.3, -0.25) is 14.5 Å². The number of carbonyl (C=O) groups excluding carboxylic acids is 1. The highest BCUT2D eigenvalue weighted by Crippen LogP contribution is 2.46. The monoisotopic (exact) mass is 240 g/mol. The zero-order valence-corrected chi connectivity index (χ0v) is 10.4. The number of likely N-dealkylation sites (N-methyl/N-ethyl adjacent to an activating group) is 1. The Morgan fingerprint density at radius 3 is 2.47 bits per heavy atom. The Morgan fingerprint density at radius 2 is 2.06 bits per heavy atom. The molecule has 2 N–H and O–H groups in total. The van der Waals surface area contributed by atoms with E-state index < -0.39 is 11.4 Å². The summed E-state index contributed by atoms with van der Waals surface area (Å²) in [6.45, 7) is 2.58. The van der Waals surface area contributed by atoms with E-state index in [0.29, 0.717) is 25.4 Å². The fourth-order valence-corrected chi connectivity index (χ4v) is 2.06. The van der Waals surface area contributed by atoms with Gasteiger partial charge in [0.2, 0.25) is 5.91 Å². The van der Waals surface area contributed by atoms with Crippen LogP contribution in [0.5, 0.6) is 0 Å². The molecule has 1 amide bonds. The van der Waals surface area contributed by atoms with E-state index in [1.165, 1.54) is 12.8 Å². The fraction of sp³-hybridized carbons (Fsp3) is 0.833. The van der Waals surface area contributed by atoms with Crippen LogP contribution in [0.4, 0.5) is 0 Å². The van der Waals surface area contributed by atoms with Crippen molar-refractivity contribution in [1.29, 1.82) is 0 Å². The Balaban J connectivity index is 1.78. The molecule has 0 heterocycles. The standard InChI is InChI=1S/C12H20N2O3/c1-8(14(2)9-3-4-9)7-13-10(15)12(5-6-12)11(16)17/h8-9H,3-7H2,1-2H3,(H,13,15)(H,16,17). The zero-order chi connectivity index (χ0) is 12.6. The first-order chi connectivity index (χ1) is 7.97. The van der Waals surface area contributed by atoms with Gasteiger partial charge in [0.25, 0.3) is 0 Å². The molecule has 5 heteroatoms. The molecule has 0 aromatic rings. The molecule has 2 aliphatic carbocycles. The van der Waals surface area contributed by atoms with Crippen LogP contribution in [0.3, 0.4) is 0 Å². The van der Waals surface area contributed by atoms with Gasteiger partial charge >= 0.3 is 5.97 Å². The second-order valence-corrected chi connectivity index (χ2v) is 5.34. The normalized spacial score (nSPS) is 23.2. The predicted molar refractivity (Wildman–Crippen MR) is 62.6 cm³/mol. The Kier molecular flexibility index (Phi) is 3.12. The lowest BCUT2D eigenvalue weighted by Gasteiger charge is -2.25. The van der Waals surface area contributed by atoms with Crippen LogP contribution < -0.4 is 5.32 Å². The number of hydrogen-bond acceptors (Lipinski definition) is 3. The summed E-state index contributed by atoms with van der Waals surface area (Å²) in [6.07, 6.45) is 3.41. The molecule has 1 unspecified atom stereocenters. The molecule has 0 spiro atoms. The van der Waals surface area contributed by atoms with Gasteiger partial charge in [0, 0.05) is 18.6 Å². The first kappa shape index (κ1) is 12.4. The number of nitrogens with zero attached hydrogens (tertiary/aromatic N) is 1. The summed E-state index contributed by atoms with van der Waals surface area (Å²) >= 11 is 0. The summed E-state index contributed by atoms with van der Waals surface area (Å²) < 4.78 is 0. The maximum Gasteiger partial charge on any atom is 0.319 e. The summed E-state index contributed by atoms with van der Waals surface area (Å²) in [7, 11) is 2.05. The lowest BCUT2D eigenvalue weighted by Crippen LogP contribution is -2.45. The Bertz CT molecular complexity index is 335. The van der Waals surface area contributed by atoms with Crippen LogP contribution in [0.25, 0.3) is 0 Å². The Hall–Kier alpha value is -1.10. The number of hydrogen-bond donors (Lipinski definition) is 2. The van der Waals surface area contributed by atoms with E-state index in [4.69, 9.17) is 5.11 Å². The molecule has 2 rings (SSSR count). The van der Waals surface area contributed by atoms with E-state index in [1.54, 1.807) is 0 Å². The zero-order valence-electron chi connectivity index (χ0n) is 10.4. The number of rotatable bonds is 6. The van der Waals surface area contributed by atoms with E-state index in [1.807, 2.05) is 0 Å². The SMILES string of the molecule is CC(CNC(=O)C1(C(=O)O)CC1)N(C)C1CC1. The molecule has 96 valence electrons. The van der Waals surface area contributed by atoms with Gasteiger partial charge in [0.05, 0.1) is 0 Å². The van der Waals surface area contributed by atoms with Crippen LogP contribution in [-0.4, -0.2) is 47.6 Å². The van der Waals surface area contributed by atoms with Gasteiger partial charge in [-0.2, -0.15) is 0 Å². The molecule has 2 aliphatic rings. The Labute approximate surface area is 101 Å². The van der Waals surface area contributed by atoms with Crippen LogP contribution >= 0.6 is 0 Å². The lowest BCUT2D eigenvalue weighted by atomic mass is 10.1. The molecule has 0 saturated heterocycles. The van der Waals surface area contributed by atoms with Gasteiger partial charge < -0.3 is 10.4 Å². The summed E-state index contributed by atoms with van der Waals surface area (Å²) in [5.74, 6) is -1.31. The van der Waals surface area contributed by atoms with Crippen molar-refractivity contribution in [2.24, 2.45) is 5.41 Å². The third-order valence-corrected chi connectivity index (χ3v) is 3.97. The van der Waals surface area contributed by atoms with Crippen molar-refractivity contribution in [2.45, 2.75) is 44.7 Å². The van der Waals surface area contributed by atoms with Crippen molar-refractivity contribution < 1.29 is 14.7 Å². The predicted octanol–water partition coefficient (Wildman–Crippen LogP) is 0.450. The summed E-state index contributed by atoms with van der Waals surface area (Å²) in [6, 6.07) is 0.910. The summed E-state index contributed by atoms with van der Waals surface area (Å²) in [5, 5.41) is 11.7. The molecule has 2 fully saturated rings. The molecule has 5 nitrogen and oxygen atoms in total. The molecular weight excluding hydrogens is 220 g/mol. The molecule has 0 aromatic heterocycles. The molecule has 0 aliphatic heterocycles. The van der Waals surface area contributed by atoms with E-state index in [9.17, 15) is 9.59 Å². The van der Waals surface area contributed by atoms with Crippen LogP contribution in [0.1, 0.15) is 32.6 Å². The molecule has 0 bridgehead atoms. The van der Waals surface area contributed by atoms with Crippen LogP contribution in [-0.2, 0) is 9.59 Å². The fourth-order valence-electron chi connectivity index (χ4n) is 2.06.